The Hall–Kier alpha value is -0.130. The largest absolute Gasteiger partial charge is 0.313 e. The first-order chi connectivity index (χ1) is 9.21. The van der Waals surface area contributed by atoms with Crippen LogP contribution in [-0.2, 0) is 10.0 Å². The highest BCUT2D eigenvalue weighted by Crippen LogP contribution is 2.35. The lowest BCUT2D eigenvalue weighted by atomic mass is 9.76. The predicted octanol–water partition coefficient (Wildman–Crippen LogP) is 2.21. The van der Waals surface area contributed by atoms with Crippen molar-refractivity contribution >= 4 is 10.0 Å². The van der Waals surface area contributed by atoms with Crippen molar-refractivity contribution in [2.24, 2.45) is 11.3 Å². The summed E-state index contributed by atoms with van der Waals surface area (Å²) in [5, 5.41) is 3.02. The van der Waals surface area contributed by atoms with Crippen LogP contribution in [0.1, 0.15) is 53.4 Å². The van der Waals surface area contributed by atoms with Crippen LogP contribution in [-0.4, -0.2) is 43.6 Å². The van der Waals surface area contributed by atoms with E-state index in [1.807, 2.05) is 6.92 Å². The third-order valence-corrected chi connectivity index (χ3v) is 7.09. The first-order valence-electron chi connectivity index (χ1n) is 7.93. The molecule has 2 fully saturated rings. The van der Waals surface area contributed by atoms with Crippen LogP contribution in [0, 0.1) is 11.3 Å². The minimum Gasteiger partial charge on any atom is -0.313 e. The maximum Gasteiger partial charge on any atom is 0.217 e. The molecule has 0 aromatic heterocycles. The van der Waals surface area contributed by atoms with Gasteiger partial charge in [0.25, 0.3) is 0 Å². The summed E-state index contributed by atoms with van der Waals surface area (Å²) in [5.74, 6) is 0.633. The van der Waals surface area contributed by atoms with Crippen LogP contribution < -0.4 is 5.32 Å². The Morgan fingerprint density at radius 3 is 2.15 bits per heavy atom. The average Bonchev–Trinajstić information content (AvgIpc) is 3.19. The van der Waals surface area contributed by atoms with Gasteiger partial charge in [-0.2, -0.15) is 0 Å². The lowest BCUT2D eigenvalue weighted by Crippen LogP contribution is -2.47. The van der Waals surface area contributed by atoms with Crippen molar-refractivity contribution < 1.29 is 8.42 Å². The molecular formula is C15H30N2O2S. The molecule has 4 nitrogen and oxygen atoms in total. The van der Waals surface area contributed by atoms with Crippen molar-refractivity contribution in [3.8, 4) is 0 Å². The number of sulfonamides is 1. The van der Waals surface area contributed by atoms with Gasteiger partial charge < -0.3 is 5.32 Å². The van der Waals surface area contributed by atoms with Crippen LogP contribution in [0.25, 0.3) is 0 Å². The average molecular weight is 302 g/mol. The summed E-state index contributed by atoms with van der Waals surface area (Å²) in [6.07, 6.45) is 4.38. The molecular weight excluding hydrogens is 272 g/mol. The van der Waals surface area contributed by atoms with E-state index >= 15 is 0 Å². The number of nitrogens with zero attached hydrogens (tertiary/aromatic N) is 1. The minimum atomic E-state index is -3.13. The van der Waals surface area contributed by atoms with E-state index in [2.05, 4.69) is 26.1 Å². The molecule has 118 valence electrons. The van der Waals surface area contributed by atoms with Gasteiger partial charge in [-0.1, -0.05) is 20.8 Å². The van der Waals surface area contributed by atoms with Gasteiger partial charge in [0.1, 0.15) is 0 Å². The van der Waals surface area contributed by atoms with E-state index in [0.717, 1.165) is 12.8 Å². The number of hydrogen-bond acceptors (Lipinski definition) is 3. The monoisotopic (exact) mass is 302 g/mol. The van der Waals surface area contributed by atoms with Gasteiger partial charge in [-0.15, -0.1) is 0 Å². The van der Waals surface area contributed by atoms with E-state index in [1.54, 1.807) is 4.31 Å². The Morgan fingerprint density at radius 2 is 1.70 bits per heavy atom. The topological polar surface area (TPSA) is 49.4 Å². The number of rotatable bonds is 5. The fourth-order valence-corrected chi connectivity index (χ4v) is 4.49. The van der Waals surface area contributed by atoms with Crippen LogP contribution >= 0.6 is 0 Å². The smallest absolute Gasteiger partial charge is 0.217 e. The molecule has 0 aromatic carbocycles. The van der Waals surface area contributed by atoms with Crippen molar-refractivity contribution in [1.29, 1.82) is 0 Å². The summed E-state index contributed by atoms with van der Waals surface area (Å²) in [6.45, 7) is 10.6. The van der Waals surface area contributed by atoms with Gasteiger partial charge in [-0.3, -0.25) is 0 Å². The maximum atomic E-state index is 12.6. The van der Waals surface area contributed by atoms with Crippen LogP contribution in [0.2, 0.25) is 0 Å². The fourth-order valence-electron chi connectivity index (χ4n) is 2.96. The summed E-state index contributed by atoms with van der Waals surface area (Å²) in [4.78, 5) is 0. The van der Waals surface area contributed by atoms with E-state index < -0.39 is 10.0 Å². The third kappa shape index (κ3) is 3.95. The molecule has 0 amide bonds. The molecule has 0 bridgehead atoms. The van der Waals surface area contributed by atoms with Crippen molar-refractivity contribution in [3.63, 3.8) is 0 Å². The molecule has 1 atom stereocenters. The molecule has 1 saturated heterocycles. The molecule has 5 heteroatoms. The van der Waals surface area contributed by atoms with Crippen LogP contribution in [0.4, 0.5) is 0 Å². The Bertz CT molecular complexity index is 416. The molecule has 1 saturated carbocycles. The number of hydrogen-bond donors (Lipinski definition) is 1. The van der Waals surface area contributed by atoms with Crippen LogP contribution in [0.15, 0.2) is 0 Å². The summed E-state index contributed by atoms with van der Waals surface area (Å²) in [7, 11) is -3.13. The van der Waals surface area contributed by atoms with Gasteiger partial charge in [0.15, 0.2) is 0 Å². The predicted molar refractivity (Wildman–Crippen MR) is 83.2 cm³/mol. The van der Waals surface area contributed by atoms with E-state index in [0.29, 0.717) is 31.6 Å². The molecule has 1 aliphatic heterocycles. The quantitative estimate of drug-likeness (QED) is 0.847. The molecule has 1 N–H and O–H groups in total. The van der Waals surface area contributed by atoms with Crippen molar-refractivity contribution in [2.75, 3.05) is 19.6 Å². The molecule has 20 heavy (non-hydrogen) atoms. The second-order valence-corrected chi connectivity index (χ2v) is 9.93. The minimum absolute atomic E-state index is 0.287. The van der Waals surface area contributed by atoms with E-state index in [-0.39, 0.29) is 10.7 Å². The van der Waals surface area contributed by atoms with E-state index in [9.17, 15) is 8.42 Å². The number of piperidine rings is 1. The zero-order chi connectivity index (χ0) is 15.0. The third-order valence-electron chi connectivity index (χ3n) is 4.82. The van der Waals surface area contributed by atoms with Gasteiger partial charge in [-0.25, -0.2) is 12.7 Å². The van der Waals surface area contributed by atoms with Gasteiger partial charge in [0, 0.05) is 25.7 Å². The fraction of sp³-hybridized carbons (Fsp3) is 1.00. The highest BCUT2D eigenvalue weighted by atomic mass is 32.2. The first kappa shape index (κ1) is 16.2. The SMILES string of the molecule is CC(CNC1CC1)S(=O)(=O)N1CCC(C(C)(C)C)CC1. The summed E-state index contributed by atoms with van der Waals surface area (Å²) in [5.41, 5.74) is 0.287. The van der Waals surface area contributed by atoms with Crippen LogP contribution in [0.5, 0.6) is 0 Å². The Morgan fingerprint density at radius 1 is 1.15 bits per heavy atom. The van der Waals surface area contributed by atoms with Crippen molar-refractivity contribution in [1.82, 2.24) is 9.62 Å². The van der Waals surface area contributed by atoms with Gasteiger partial charge >= 0.3 is 0 Å². The molecule has 0 aromatic rings. The molecule has 2 rings (SSSR count). The Labute approximate surface area is 124 Å². The molecule has 0 radical (unpaired) electrons. The normalized spacial score (nSPS) is 24.8. The Balaban J connectivity index is 1.87. The maximum absolute atomic E-state index is 12.6. The second kappa shape index (κ2) is 5.93. The van der Waals surface area contributed by atoms with E-state index in [4.69, 9.17) is 0 Å². The molecule has 1 heterocycles. The zero-order valence-electron chi connectivity index (χ0n) is 13.4. The van der Waals surface area contributed by atoms with Gasteiger partial charge in [0.2, 0.25) is 10.0 Å². The van der Waals surface area contributed by atoms with E-state index in [1.165, 1.54) is 12.8 Å². The van der Waals surface area contributed by atoms with Crippen molar-refractivity contribution in [2.45, 2.75) is 64.7 Å². The highest BCUT2D eigenvalue weighted by Gasteiger charge is 2.36. The number of nitrogens with one attached hydrogen (secondary N) is 1. The van der Waals surface area contributed by atoms with Crippen molar-refractivity contribution in [3.05, 3.63) is 0 Å². The van der Waals surface area contributed by atoms with Gasteiger partial charge in [0.05, 0.1) is 5.25 Å². The summed E-state index contributed by atoms with van der Waals surface area (Å²) < 4.78 is 26.8. The molecule has 1 unspecified atom stereocenters. The molecule has 0 spiro atoms. The highest BCUT2D eigenvalue weighted by molar-refractivity contribution is 7.89. The standard InChI is InChI=1S/C15H30N2O2S/c1-12(11-16-14-5-6-14)20(18,19)17-9-7-13(8-10-17)15(2,3)4/h12-14,16H,5-11H2,1-4H3. The second-order valence-electron chi connectivity index (χ2n) is 7.58. The summed E-state index contributed by atoms with van der Waals surface area (Å²) >= 11 is 0. The lowest BCUT2D eigenvalue weighted by Gasteiger charge is -2.39. The Kier molecular flexibility index (Phi) is 4.82. The zero-order valence-corrected chi connectivity index (χ0v) is 14.2. The van der Waals surface area contributed by atoms with Crippen LogP contribution in [0.3, 0.4) is 0 Å². The summed E-state index contributed by atoms with van der Waals surface area (Å²) in [6, 6.07) is 0.569. The first-order valence-corrected chi connectivity index (χ1v) is 9.44. The molecule has 1 aliphatic carbocycles. The molecule has 2 aliphatic rings. The van der Waals surface area contributed by atoms with Gasteiger partial charge in [-0.05, 0) is 43.9 Å². The lowest BCUT2D eigenvalue weighted by molar-refractivity contribution is 0.153.